The Bertz CT molecular complexity index is 673. The molecule has 2 saturated heterocycles. The number of nitrogens with zero attached hydrogens (tertiary/aromatic N) is 2. The van der Waals surface area contributed by atoms with Gasteiger partial charge in [0.15, 0.2) is 0 Å². The van der Waals surface area contributed by atoms with Crippen LogP contribution in [-0.4, -0.2) is 54.4 Å². The van der Waals surface area contributed by atoms with Crippen LogP contribution in [0.3, 0.4) is 0 Å². The Labute approximate surface area is 181 Å². The van der Waals surface area contributed by atoms with Crippen molar-refractivity contribution in [1.29, 1.82) is 0 Å². The molecule has 5 nitrogen and oxygen atoms in total. The average Bonchev–Trinajstić information content (AvgIpc) is 2.80. The number of likely N-dealkylation sites (tertiary alicyclic amines) is 2. The van der Waals surface area contributed by atoms with Gasteiger partial charge in [0.2, 0.25) is 11.8 Å². The Balaban J connectivity index is 1.67. The van der Waals surface area contributed by atoms with Crippen LogP contribution in [0, 0.1) is 11.3 Å². The Morgan fingerprint density at radius 3 is 2.17 bits per heavy atom. The summed E-state index contributed by atoms with van der Waals surface area (Å²) in [5, 5.41) is 0. The van der Waals surface area contributed by atoms with Crippen molar-refractivity contribution in [3.63, 3.8) is 0 Å². The van der Waals surface area contributed by atoms with Crippen molar-refractivity contribution in [2.24, 2.45) is 11.3 Å². The molecule has 0 aromatic heterocycles. The third-order valence-electron chi connectivity index (χ3n) is 6.99. The van der Waals surface area contributed by atoms with Crippen molar-refractivity contribution in [3.05, 3.63) is 30.3 Å². The normalized spacial score (nSPS) is 19.0. The lowest BCUT2D eigenvalue weighted by atomic mass is 9.75. The third kappa shape index (κ3) is 5.77. The molecule has 0 N–H and O–H groups in total. The summed E-state index contributed by atoms with van der Waals surface area (Å²) in [6.45, 7) is 7.92. The zero-order valence-electron chi connectivity index (χ0n) is 18.8. The summed E-state index contributed by atoms with van der Waals surface area (Å²) in [6.07, 6.45) is 7.39. The molecule has 3 rings (SSSR count). The molecule has 0 unspecified atom stereocenters. The van der Waals surface area contributed by atoms with Gasteiger partial charge in [-0.05, 0) is 57.1 Å². The zero-order valence-corrected chi connectivity index (χ0v) is 18.8. The first-order chi connectivity index (χ1) is 14.6. The maximum atomic E-state index is 13.1. The largest absolute Gasteiger partial charge is 0.493 e. The van der Waals surface area contributed by atoms with E-state index in [1.807, 2.05) is 40.1 Å². The highest BCUT2D eigenvalue weighted by Gasteiger charge is 2.40. The first kappa shape index (κ1) is 22.6. The second-order valence-electron chi connectivity index (χ2n) is 9.06. The van der Waals surface area contributed by atoms with Crippen LogP contribution in [0.15, 0.2) is 30.3 Å². The van der Waals surface area contributed by atoms with Crippen molar-refractivity contribution in [3.8, 4) is 5.75 Å². The number of ether oxygens (including phenoxy) is 1. The van der Waals surface area contributed by atoms with Crippen molar-refractivity contribution < 1.29 is 14.3 Å². The zero-order chi connectivity index (χ0) is 21.4. The van der Waals surface area contributed by atoms with Gasteiger partial charge in [0.05, 0.1) is 6.61 Å². The van der Waals surface area contributed by atoms with Gasteiger partial charge in [-0.2, -0.15) is 0 Å². The van der Waals surface area contributed by atoms with Crippen LogP contribution in [0.25, 0.3) is 0 Å². The second-order valence-corrected chi connectivity index (χ2v) is 9.06. The molecule has 0 aliphatic carbocycles. The summed E-state index contributed by atoms with van der Waals surface area (Å²) in [5.74, 6) is 1.50. The summed E-state index contributed by atoms with van der Waals surface area (Å²) in [6, 6.07) is 9.85. The summed E-state index contributed by atoms with van der Waals surface area (Å²) in [4.78, 5) is 30.0. The van der Waals surface area contributed by atoms with Gasteiger partial charge in [0.25, 0.3) is 0 Å². The van der Waals surface area contributed by atoms with E-state index in [9.17, 15) is 9.59 Å². The van der Waals surface area contributed by atoms with Gasteiger partial charge in [-0.1, -0.05) is 32.0 Å². The summed E-state index contributed by atoms with van der Waals surface area (Å²) in [5.41, 5.74) is -0.199. The van der Waals surface area contributed by atoms with Gasteiger partial charge in [0.1, 0.15) is 5.75 Å². The lowest BCUT2D eigenvalue weighted by Gasteiger charge is -2.43. The Hall–Kier alpha value is -2.04. The average molecular weight is 415 g/mol. The maximum Gasteiger partial charge on any atom is 0.225 e. The molecule has 30 heavy (non-hydrogen) atoms. The van der Waals surface area contributed by atoms with E-state index in [4.69, 9.17) is 4.74 Å². The van der Waals surface area contributed by atoms with E-state index in [2.05, 4.69) is 13.8 Å². The molecule has 5 heteroatoms. The minimum Gasteiger partial charge on any atom is -0.493 e. The lowest BCUT2D eigenvalue weighted by molar-refractivity contribution is -0.141. The monoisotopic (exact) mass is 414 g/mol. The first-order valence-corrected chi connectivity index (χ1v) is 11.8. The molecule has 0 bridgehead atoms. The molecule has 0 atom stereocenters. The van der Waals surface area contributed by atoms with Crippen molar-refractivity contribution >= 4 is 11.8 Å². The molecule has 2 amide bonds. The van der Waals surface area contributed by atoms with E-state index in [1.54, 1.807) is 0 Å². The number of para-hydroxylation sites is 1. The van der Waals surface area contributed by atoms with E-state index < -0.39 is 0 Å². The minimum atomic E-state index is -0.199. The van der Waals surface area contributed by atoms with Crippen LogP contribution in [0.1, 0.15) is 65.2 Å². The smallest absolute Gasteiger partial charge is 0.225 e. The van der Waals surface area contributed by atoms with Gasteiger partial charge >= 0.3 is 0 Å². The van der Waals surface area contributed by atoms with Crippen molar-refractivity contribution in [2.45, 2.75) is 65.2 Å². The fourth-order valence-electron chi connectivity index (χ4n) is 4.80. The standard InChI is InChI=1S/C25H38N2O3/c1-3-21(4-2)24(29)27-17-13-25(14-18-27,20-30-22-11-7-5-8-12-22)19-23(28)26-15-9-6-10-16-26/h5,7-8,11-12,21H,3-4,6,9-10,13-20H2,1-2H3. The Morgan fingerprint density at radius 2 is 1.57 bits per heavy atom. The molecule has 2 aliphatic heterocycles. The van der Waals surface area contributed by atoms with Crippen LogP contribution in [0.5, 0.6) is 5.75 Å². The molecule has 166 valence electrons. The summed E-state index contributed by atoms with van der Waals surface area (Å²) < 4.78 is 6.15. The van der Waals surface area contributed by atoms with Crippen LogP contribution in [-0.2, 0) is 9.59 Å². The summed E-state index contributed by atoms with van der Waals surface area (Å²) >= 11 is 0. The fourth-order valence-corrected chi connectivity index (χ4v) is 4.80. The molecule has 0 radical (unpaired) electrons. The van der Waals surface area contributed by atoms with Gasteiger partial charge in [-0.25, -0.2) is 0 Å². The number of carbonyl (C=O) groups excluding carboxylic acids is 2. The quantitative estimate of drug-likeness (QED) is 0.629. The van der Waals surface area contributed by atoms with Gasteiger partial charge < -0.3 is 14.5 Å². The minimum absolute atomic E-state index is 0.119. The molecule has 0 spiro atoms. The van der Waals surface area contributed by atoms with Gasteiger partial charge in [-0.3, -0.25) is 9.59 Å². The highest BCUT2D eigenvalue weighted by molar-refractivity contribution is 5.79. The van der Waals surface area contributed by atoms with E-state index in [1.165, 1.54) is 6.42 Å². The fraction of sp³-hybridized carbons (Fsp3) is 0.680. The topological polar surface area (TPSA) is 49.9 Å². The molecule has 0 saturated carbocycles. The number of hydrogen-bond donors (Lipinski definition) is 0. The predicted octanol–water partition coefficient (Wildman–Crippen LogP) is 4.51. The molecule has 1 aromatic carbocycles. The van der Waals surface area contributed by atoms with Gasteiger partial charge in [0, 0.05) is 43.9 Å². The Morgan fingerprint density at radius 1 is 0.933 bits per heavy atom. The highest BCUT2D eigenvalue weighted by Crippen LogP contribution is 2.37. The third-order valence-corrected chi connectivity index (χ3v) is 6.99. The van der Waals surface area contributed by atoms with Crippen molar-refractivity contribution in [1.82, 2.24) is 9.80 Å². The molecule has 2 fully saturated rings. The van der Waals surface area contributed by atoms with Crippen LogP contribution in [0.2, 0.25) is 0 Å². The van der Waals surface area contributed by atoms with Gasteiger partial charge in [-0.15, -0.1) is 0 Å². The van der Waals surface area contributed by atoms with Crippen molar-refractivity contribution in [2.75, 3.05) is 32.8 Å². The number of benzene rings is 1. The predicted molar refractivity (Wildman–Crippen MR) is 119 cm³/mol. The first-order valence-electron chi connectivity index (χ1n) is 11.8. The molecule has 2 aliphatic rings. The number of amides is 2. The second kappa shape index (κ2) is 10.8. The molecule has 1 aromatic rings. The highest BCUT2D eigenvalue weighted by atomic mass is 16.5. The summed E-state index contributed by atoms with van der Waals surface area (Å²) in [7, 11) is 0. The van der Waals surface area contributed by atoms with E-state index >= 15 is 0 Å². The number of rotatable bonds is 8. The number of hydrogen-bond acceptors (Lipinski definition) is 3. The molecular formula is C25H38N2O3. The number of carbonyl (C=O) groups is 2. The van der Waals surface area contributed by atoms with E-state index in [-0.39, 0.29) is 23.1 Å². The van der Waals surface area contributed by atoms with E-state index in [0.29, 0.717) is 13.0 Å². The van der Waals surface area contributed by atoms with Crippen LogP contribution in [0.4, 0.5) is 0 Å². The van der Waals surface area contributed by atoms with Crippen LogP contribution >= 0.6 is 0 Å². The SMILES string of the molecule is CCC(CC)C(=O)N1CCC(COc2ccccc2)(CC(=O)N2CCCCC2)CC1. The molecular weight excluding hydrogens is 376 g/mol. The molecule has 2 heterocycles. The maximum absolute atomic E-state index is 13.1. The Kier molecular flexibility index (Phi) is 8.17. The van der Waals surface area contributed by atoms with Crippen LogP contribution < -0.4 is 4.74 Å². The number of piperidine rings is 2. The lowest BCUT2D eigenvalue weighted by Crippen LogP contribution is -2.49. The van der Waals surface area contributed by atoms with E-state index in [0.717, 1.165) is 70.5 Å².